The number of benzene rings is 6. The summed E-state index contributed by atoms with van der Waals surface area (Å²) in [6.45, 7) is 0. The van der Waals surface area contributed by atoms with Crippen LogP contribution in [-0.2, 0) is 5.41 Å². The highest BCUT2D eigenvalue weighted by molar-refractivity contribution is 5.96. The summed E-state index contributed by atoms with van der Waals surface area (Å²) in [7, 11) is 0. The van der Waals surface area contributed by atoms with Gasteiger partial charge in [0.2, 0.25) is 0 Å². The van der Waals surface area contributed by atoms with E-state index in [0.29, 0.717) is 0 Å². The molecule has 2 bridgehead atoms. The van der Waals surface area contributed by atoms with Gasteiger partial charge in [-0.05, 0) is 111 Å². The first-order valence-corrected chi connectivity index (χ1v) is 16.6. The minimum Gasteiger partial charge on any atom is -0.356 e. The van der Waals surface area contributed by atoms with Gasteiger partial charge in [0.05, 0.1) is 5.41 Å². The fourth-order valence-corrected chi connectivity index (χ4v) is 9.11. The first-order valence-electron chi connectivity index (χ1n) is 16.6. The Kier molecular flexibility index (Phi) is 6.27. The van der Waals surface area contributed by atoms with Gasteiger partial charge in [-0.2, -0.15) is 0 Å². The lowest BCUT2D eigenvalue weighted by atomic mass is 9.67. The summed E-state index contributed by atoms with van der Waals surface area (Å²) >= 11 is 0. The van der Waals surface area contributed by atoms with Crippen LogP contribution in [0.25, 0.3) is 22.3 Å². The summed E-state index contributed by atoms with van der Waals surface area (Å²) < 4.78 is 0. The largest absolute Gasteiger partial charge is 0.356 e. The van der Waals surface area contributed by atoms with Crippen LogP contribution in [0.1, 0.15) is 59.4 Å². The van der Waals surface area contributed by atoms with Crippen molar-refractivity contribution in [2.45, 2.75) is 37.0 Å². The van der Waals surface area contributed by atoms with Crippen LogP contribution in [0.3, 0.4) is 0 Å². The number of hydrogen-bond acceptors (Lipinski definition) is 1. The molecule has 0 radical (unpaired) electrons. The van der Waals surface area contributed by atoms with E-state index in [0.717, 1.165) is 29.1 Å². The van der Waals surface area contributed by atoms with Gasteiger partial charge in [0.15, 0.2) is 0 Å². The predicted molar refractivity (Wildman–Crippen MR) is 187 cm³/mol. The van der Waals surface area contributed by atoms with E-state index >= 15 is 0 Å². The van der Waals surface area contributed by atoms with E-state index in [9.17, 15) is 0 Å². The highest BCUT2D eigenvalue weighted by Crippen LogP contribution is 2.59. The summed E-state index contributed by atoms with van der Waals surface area (Å²) in [4.78, 5) is 0. The van der Waals surface area contributed by atoms with Crippen LogP contribution in [0.5, 0.6) is 0 Å². The fourth-order valence-electron chi connectivity index (χ4n) is 9.11. The Bertz CT molecular complexity index is 1940. The zero-order chi connectivity index (χ0) is 29.8. The van der Waals surface area contributed by atoms with Crippen molar-refractivity contribution in [1.29, 1.82) is 0 Å². The maximum absolute atomic E-state index is 3.80. The molecule has 0 saturated heterocycles. The van der Waals surface area contributed by atoms with Gasteiger partial charge in [-0.25, -0.2) is 0 Å². The molecule has 0 aliphatic heterocycles. The molecule has 9 rings (SSSR count). The molecular weight excluding hydrogens is 542 g/mol. The van der Waals surface area contributed by atoms with Crippen LogP contribution in [-0.4, -0.2) is 0 Å². The third-order valence-electron chi connectivity index (χ3n) is 11.0. The summed E-state index contributed by atoms with van der Waals surface area (Å²) in [6.07, 6.45) is 5.69. The predicted octanol–water partition coefficient (Wildman–Crippen LogP) is 11.4. The summed E-state index contributed by atoms with van der Waals surface area (Å²) in [6, 6.07) is 56.2. The van der Waals surface area contributed by atoms with E-state index in [1.807, 2.05) is 0 Å². The summed E-state index contributed by atoms with van der Waals surface area (Å²) in [5.74, 6) is 2.62. The zero-order valence-corrected chi connectivity index (χ0v) is 25.5. The van der Waals surface area contributed by atoms with Crippen LogP contribution in [0.2, 0.25) is 0 Å². The molecule has 3 atom stereocenters. The Morgan fingerprint density at radius 2 is 1.18 bits per heavy atom. The lowest BCUT2D eigenvalue weighted by Gasteiger charge is -2.34. The Labute approximate surface area is 266 Å². The molecule has 1 N–H and O–H groups in total. The standard InChI is InChI=1S/C44H37N/c1-4-11-31(12-5-1)38-17-10-18-41-43(38)39-26-25-37(45-36-23-21-32(22-24-36)40-28-30-19-20-33(40)27-30)29-42(39)44(41,34-13-6-2-7-14-34)35-15-8-3-9-16-35/h1-18,21-26,29-30,33,40,45H,19-20,27-28H2. The van der Waals surface area contributed by atoms with E-state index in [1.54, 1.807) is 0 Å². The van der Waals surface area contributed by atoms with Crippen molar-refractivity contribution in [3.8, 4) is 22.3 Å². The Morgan fingerprint density at radius 1 is 0.511 bits per heavy atom. The van der Waals surface area contributed by atoms with Crippen LogP contribution in [0.4, 0.5) is 11.4 Å². The molecule has 0 spiro atoms. The molecule has 3 aliphatic rings. The molecule has 218 valence electrons. The molecule has 3 aliphatic carbocycles. The Hall–Kier alpha value is -4.88. The second-order valence-electron chi connectivity index (χ2n) is 13.4. The molecule has 1 heteroatoms. The smallest absolute Gasteiger partial charge is 0.0714 e. The van der Waals surface area contributed by atoms with Crippen molar-refractivity contribution in [3.05, 3.63) is 179 Å². The quantitative estimate of drug-likeness (QED) is 0.207. The van der Waals surface area contributed by atoms with Gasteiger partial charge in [0.1, 0.15) is 0 Å². The second kappa shape index (κ2) is 10.6. The SMILES string of the molecule is c1ccc(-c2cccc3c2-c2ccc(Nc4ccc(C5CC6CCC5C6)cc4)cc2C3(c2ccccc2)c2ccccc2)cc1. The van der Waals surface area contributed by atoms with E-state index in [4.69, 9.17) is 0 Å². The number of anilines is 2. The molecule has 3 unspecified atom stereocenters. The topological polar surface area (TPSA) is 12.0 Å². The molecule has 0 aromatic heterocycles. The number of fused-ring (bicyclic) bond motifs is 5. The molecule has 6 aromatic rings. The molecule has 1 nitrogen and oxygen atoms in total. The van der Waals surface area contributed by atoms with Crippen molar-refractivity contribution < 1.29 is 0 Å². The third-order valence-corrected chi connectivity index (χ3v) is 11.0. The van der Waals surface area contributed by atoms with Crippen molar-refractivity contribution in [3.63, 3.8) is 0 Å². The minimum absolute atomic E-state index is 0.443. The van der Waals surface area contributed by atoms with Crippen molar-refractivity contribution in [1.82, 2.24) is 0 Å². The van der Waals surface area contributed by atoms with E-state index in [1.165, 1.54) is 75.8 Å². The number of hydrogen-bond donors (Lipinski definition) is 1. The number of nitrogens with one attached hydrogen (secondary N) is 1. The molecular formula is C44H37N. The van der Waals surface area contributed by atoms with Crippen molar-refractivity contribution >= 4 is 11.4 Å². The highest BCUT2D eigenvalue weighted by atomic mass is 14.9. The van der Waals surface area contributed by atoms with E-state index in [-0.39, 0.29) is 0 Å². The second-order valence-corrected chi connectivity index (χ2v) is 13.4. The zero-order valence-electron chi connectivity index (χ0n) is 25.5. The van der Waals surface area contributed by atoms with Crippen LogP contribution in [0, 0.1) is 11.8 Å². The summed E-state index contributed by atoms with van der Waals surface area (Å²) in [5, 5.41) is 3.80. The molecule has 2 saturated carbocycles. The van der Waals surface area contributed by atoms with Gasteiger partial charge in [0, 0.05) is 11.4 Å². The minimum atomic E-state index is -0.443. The Morgan fingerprint density at radius 3 is 1.82 bits per heavy atom. The average molecular weight is 580 g/mol. The Balaban J connectivity index is 1.20. The van der Waals surface area contributed by atoms with Crippen LogP contribution >= 0.6 is 0 Å². The van der Waals surface area contributed by atoms with E-state index < -0.39 is 5.41 Å². The molecule has 0 heterocycles. The molecule has 2 fully saturated rings. The first kappa shape index (κ1) is 26.5. The van der Waals surface area contributed by atoms with Gasteiger partial charge in [-0.3, -0.25) is 0 Å². The normalized spacial score (nSPS) is 20.5. The van der Waals surface area contributed by atoms with Crippen molar-refractivity contribution in [2.24, 2.45) is 11.8 Å². The lowest BCUT2D eigenvalue weighted by Crippen LogP contribution is -2.28. The molecule has 0 amide bonds. The van der Waals surface area contributed by atoms with E-state index in [2.05, 4.69) is 157 Å². The van der Waals surface area contributed by atoms with Crippen LogP contribution < -0.4 is 5.32 Å². The fraction of sp³-hybridized carbons (Fsp3) is 0.182. The highest BCUT2D eigenvalue weighted by Gasteiger charge is 2.47. The number of rotatable bonds is 6. The monoisotopic (exact) mass is 579 g/mol. The van der Waals surface area contributed by atoms with Gasteiger partial charge in [-0.1, -0.05) is 134 Å². The maximum atomic E-state index is 3.80. The van der Waals surface area contributed by atoms with Crippen molar-refractivity contribution in [2.75, 3.05) is 5.32 Å². The van der Waals surface area contributed by atoms with Gasteiger partial charge in [0.25, 0.3) is 0 Å². The van der Waals surface area contributed by atoms with Gasteiger partial charge < -0.3 is 5.32 Å². The molecule has 45 heavy (non-hydrogen) atoms. The lowest BCUT2D eigenvalue weighted by molar-refractivity contribution is 0.420. The molecule has 6 aromatic carbocycles. The average Bonchev–Trinajstić information content (AvgIpc) is 3.82. The summed E-state index contributed by atoms with van der Waals surface area (Å²) in [5.41, 5.74) is 13.7. The maximum Gasteiger partial charge on any atom is 0.0714 e. The third kappa shape index (κ3) is 4.21. The van der Waals surface area contributed by atoms with Gasteiger partial charge >= 0.3 is 0 Å². The first-order chi connectivity index (χ1) is 22.3. The van der Waals surface area contributed by atoms with Gasteiger partial charge in [-0.15, -0.1) is 0 Å². The van der Waals surface area contributed by atoms with Crippen LogP contribution in [0.15, 0.2) is 152 Å².